The highest BCUT2D eigenvalue weighted by Gasteiger charge is 2.11. The zero-order valence-electron chi connectivity index (χ0n) is 11.4. The topological polar surface area (TPSA) is 74.7 Å². The molecule has 0 amide bonds. The zero-order valence-corrected chi connectivity index (χ0v) is 11.4. The summed E-state index contributed by atoms with van der Waals surface area (Å²) in [6, 6.07) is 12.0. The van der Waals surface area contributed by atoms with Gasteiger partial charge in [-0.2, -0.15) is 0 Å². The molecule has 0 spiro atoms. The smallest absolute Gasteiger partial charge is 0.172 e. The van der Waals surface area contributed by atoms with Crippen LogP contribution >= 0.6 is 0 Å². The summed E-state index contributed by atoms with van der Waals surface area (Å²) in [5.74, 6) is 0.0916. The largest absolute Gasteiger partial charge is 0.409 e. The molecule has 0 aliphatic carbocycles. The van der Waals surface area contributed by atoms with Crippen LogP contribution in [0.4, 0.5) is 5.69 Å². The van der Waals surface area contributed by atoms with Crippen molar-refractivity contribution in [2.45, 2.75) is 6.42 Å². The lowest BCUT2D eigenvalue weighted by atomic mass is 10.1. The highest BCUT2D eigenvalue weighted by atomic mass is 16.4. The molecule has 0 saturated carbocycles. The van der Waals surface area contributed by atoms with Crippen molar-refractivity contribution < 1.29 is 5.21 Å². The number of amidine groups is 1. The molecule has 104 valence electrons. The molecular formula is C15H18N4O. The third-order valence-corrected chi connectivity index (χ3v) is 3.17. The summed E-state index contributed by atoms with van der Waals surface area (Å²) in [4.78, 5) is 6.15. The number of rotatable bonds is 5. The van der Waals surface area contributed by atoms with E-state index in [2.05, 4.69) is 22.3 Å². The third-order valence-electron chi connectivity index (χ3n) is 3.17. The molecule has 1 aromatic carbocycles. The molecule has 2 aromatic rings. The lowest BCUT2D eigenvalue weighted by Crippen LogP contribution is -2.25. The van der Waals surface area contributed by atoms with Gasteiger partial charge in [0.15, 0.2) is 5.84 Å². The van der Waals surface area contributed by atoms with Crippen molar-refractivity contribution >= 4 is 11.5 Å². The molecular weight excluding hydrogens is 252 g/mol. The summed E-state index contributed by atoms with van der Waals surface area (Å²) in [5, 5.41) is 11.9. The Bertz CT molecular complexity index is 583. The molecule has 0 aliphatic heterocycles. The van der Waals surface area contributed by atoms with Gasteiger partial charge in [0, 0.05) is 25.4 Å². The maximum absolute atomic E-state index is 8.83. The maximum atomic E-state index is 8.83. The molecule has 0 bridgehead atoms. The molecule has 1 aromatic heterocycles. The minimum Gasteiger partial charge on any atom is -0.409 e. The standard InChI is InChI=1S/C15H18N4O/c1-19(10-8-12-5-3-2-4-6-12)14-11-17-9-7-13(14)15(16)18-20/h2-7,9,11,20H,8,10H2,1H3,(H2,16,18). The molecule has 1 heterocycles. The molecule has 0 radical (unpaired) electrons. The number of benzene rings is 1. The van der Waals surface area contributed by atoms with E-state index in [9.17, 15) is 0 Å². The van der Waals surface area contributed by atoms with E-state index in [1.807, 2.05) is 30.1 Å². The van der Waals surface area contributed by atoms with E-state index in [1.54, 1.807) is 18.5 Å². The predicted molar refractivity (Wildman–Crippen MR) is 80.2 cm³/mol. The lowest BCUT2D eigenvalue weighted by Gasteiger charge is -2.21. The molecule has 0 atom stereocenters. The molecule has 3 N–H and O–H groups in total. The zero-order chi connectivity index (χ0) is 14.4. The van der Waals surface area contributed by atoms with Gasteiger partial charge in [0.05, 0.1) is 11.9 Å². The van der Waals surface area contributed by atoms with Gasteiger partial charge < -0.3 is 15.8 Å². The van der Waals surface area contributed by atoms with Gasteiger partial charge in [-0.1, -0.05) is 35.5 Å². The molecule has 0 saturated heterocycles. The van der Waals surface area contributed by atoms with E-state index in [0.29, 0.717) is 5.56 Å². The first kappa shape index (κ1) is 13.9. The predicted octanol–water partition coefficient (Wildman–Crippen LogP) is 1.85. The first-order valence-electron chi connectivity index (χ1n) is 6.39. The number of pyridine rings is 1. The van der Waals surface area contributed by atoms with Gasteiger partial charge in [-0.25, -0.2) is 0 Å². The van der Waals surface area contributed by atoms with Crippen molar-refractivity contribution in [3.05, 3.63) is 59.9 Å². The summed E-state index contributed by atoms with van der Waals surface area (Å²) in [7, 11) is 1.97. The van der Waals surface area contributed by atoms with Crippen LogP contribution < -0.4 is 10.6 Å². The fourth-order valence-corrected chi connectivity index (χ4v) is 2.02. The van der Waals surface area contributed by atoms with Crippen molar-refractivity contribution in [2.24, 2.45) is 10.9 Å². The van der Waals surface area contributed by atoms with Crippen LogP contribution in [0.1, 0.15) is 11.1 Å². The monoisotopic (exact) mass is 270 g/mol. The number of aromatic nitrogens is 1. The summed E-state index contributed by atoms with van der Waals surface area (Å²) >= 11 is 0. The van der Waals surface area contributed by atoms with Crippen LogP contribution in [0, 0.1) is 0 Å². The van der Waals surface area contributed by atoms with Gasteiger partial charge in [0.2, 0.25) is 0 Å². The number of nitrogens with two attached hydrogens (primary N) is 1. The second-order valence-electron chi connectivity index (χ2n) is 4.54. The fraction of sp³-hybridized carbons (Fsp3) is 0.200. The van der Waals surface area contributed by atoms with Crippen molar-refractivity contribution in [3.63, 3.8) is 0 Å². The highest BCUT2D eigenvalue weighted by Crippen LogP contribution is 2.18. The van der Waals surface area contributed by atoms with Crippen LogP contribution in [0.25, 0.3) is 0 Å². The lowest BCUT2D eigenvalue weighted by molar-refractivity contribution is 0.318. The van der Waals surface area contributed by atoms with Crippen molar-refractivity contribution in [1.82, 2.24) is 4.98 Å². The maximum Gasteiger partial charge on any atom is 0.172 e. The Morgan fingerprint density at radius 1 is 1.30 bits per heavy atom. The van der Waals surface area contributed by atoms with Gasteiger partial charge in [-0.3, -0.25) is 4.98 Å². The van der Waals surface area contributed by atoms with Crippen LogP contribution in [0.15, 0.2) is 53.9 Å². The van der Waals surface area contributed by atoms with Gasteiger partial charge in [0.1, 0.15) is 0 Å². The third kappa shape index (κ3) is 3.26. The minimum absolute atomic E-state index is 0.0916. The van der Waals surface area contributed by atoms with Crippen LogP contribution in [0.3, 0.4) is 0 Å². The van der Waals surface area contributed by atoms with Crippen molar-refractivity contribution in [2.75, 3.05) is 18.5 Å². The van der Waals surface area contributed by atoms with E-state index in [1.165, 1.54) is 5.56 Å². The second-order valence-corrected chi connectivity index (χ2v) is 4.54. The number of hydrogen-bond acceptors (Lipinski definition) is 4. The minimum atomic E-state index is 0.0916. The second kappa shape index (κ2) is 6.56. The van der Waals surface area contributed by atoms with E-state index in [0.717, 1.165) is 18.7 Å². The Labute approximate surface area is 118 Å². The van der Waals surface area contributed by atoms with Gasteiger partial charge in [0.25, 0.3) is 0 Å². The normalized spacial score (nSPS) is 11.3. The summed E-state index contributed by atoms with van der Waals surface area (Å²) < 4.78 is 0. The van der Waals surface area contributed by atoms with E-state index < -0.39 is 0 Å². The molecule has 5 heteroatoms. The average Bonchev–Trinajstić information content (AvgIpc) is 2.52. The molecule has 0 aliphatic rings. The van der Waals surface area contributed by atoms with Gasteiger partial charge in [-0.05, 0) is 18.1 Å². The molecule has 20 heavy (non-hydrogen) atoms. The van der Waals surface area contributed by atoms with Crippen LogP contribution in [0.5, 0.6) is 0 Å². The number of nitrogens with zero attached hydrogens (tertiary/aromatic N) is 3. The van der Waals surface area contributed by atoms with Crippen molar-refractivity contribution in [3.8, 4) is 0 Å². The van der Waals surface area contributed by atoms with Crippen molar-refractivity contribution in [1.29, 1.82) is 0 Å². The Hall–Kier alpha value is -2.56. The first-order valence-corrected chi connectivity index (χ1v) is 6.39. The summed E-state index contributed by atoms with van der Waals surface area (Å²) in [6.45, 7) is 0.821. The fourth-order valence-electron chi connectivity index (χ4n) is 2.02. The van der Waals surface area contributed by atoms with Gasteiger partial charge in [-0.15, -0.1) is 0 Å². The Balaban J connectivity index is 2.11. The highest BCUT2D eigenvalue weighted by molar-refractivity contribution is 6.01. The van der Waals surface area contributed by atoms with Crippen LogP contribution in [0.2, 0.25) is 0 Å². The Morgan fingerprint density at radius 3 is 2.75 bits per heavy atom. The molecule has 0 fully saturated rings. The average molecular weight is 270 g/mol. The van der Waals surface area contributed by atoms with Crippen LogP contribution in [-0.4, -0.2) is 29.6 Å². The first-order chi connectivity index (χ1) is 9.72. The summed E-state index contributed by atoms with van der Waals surface area (Å²) in [6.07, 6.45) is 4.27. The molecule has 0 unspecified atom stereocenters. The number of anilines is 1. The number of likely N-dealkylation sites (N-methyl/N-ethyl adjacent to an activating group) is 1. The SMILES string of the molecule is CN(CCc1ccccc1)c1cnccc1/C(N)=N/O. The Morgan fingerprint density at radius 2 is 2.05 bits per heavy atom. The van der Waals surface area contributed by atoms with Gasteiger partial charge >= 0.3 is 0 Å². The molecule has 2 rings (SSSR count). The number of oxime groups is 1. The van der Waals surface area contributed by atoms with E-state index in [4.69, 9.17) is 10.9 Å². The number of hydrogen-bond donors (Lipinski definition) is 2. The molecule has 5 nitrogen and oxygen atoms in total. The van der Waals surface area contributed by atoms with Crippen LogP contribution in [-0.2, 0) is 6.42 Å². The quantitative estimate of drug-likeness (QED) is 0.376. The van der Waals surface area contributed by atoms with E-state index >= 15 is 0 Å². The summed E-state index contributed by atoms with van der Waals surface area (Å²) in [5.41, 5.74) is 8.48. The van der Waals surface area contributed by atoms with E-state index in [-0.39, 0.29) is 5.84 Å². The Kier molecular flexibility index (Phi) is 4.55.